The van der Waals surface area contributed by atoms with Gasteiger partial charge in [-0.05, 0) is 38.0 Å². The van der Waals surface area contributed by atoms with E-state index in [1.807, 2.05) is 6.92 Å². The number of carbonyl (C=O) groups excluding carboxylic acids is 1. The number of rotatable bonds is 3. The fourth-order valence-electron chi connectivity index (χ4n) is 3.24. The fraction of sp³-hybridized carbons (Fsp3) is 0.412. The molecule has 2 heterocycles. The van der Waals surface area contributed by atoms with Crippen LogP contribution in [0.5, 0.6) is 5.75 Å². The van der Waals surface area contributed by atoms with Gasteiger partial charge in [-0.2, -0.15) is 22.5 Å². The summed E-state index contributed by atoms with van der Waals surface area (Å²) in [5, 5.41) is 16.8. The molecule has 2 unspecified atom stereocenters. The molecule has 0 saturated carbocycles. The second-order valence-electron chi connectivity index (χ2n) is 6.80. The van der Waals surface area contributed by atoms with Crippen LogP contribution >= 0.6 is 0 Å². The van der Waals surface area contributed by atoms with Gasteiger partial charge < -0.3 is 10.4 Å². The van der Waals surface area contributed by atoms with Crippen LogP contribution < -0.4 is 10.0 Å². The van der Waals surface area contributed by atoms with Gasteiger partial charge in [0.1, 0.15) is 11.8 Å². The molecule has 3 N–H and O–H groups in total. The molecule has 10 heteroatoms. The number of aromatic nitrogens is 2. The minimum atomic E-state index is -3.85. The first-order chi connectivity index (χ1) is 12.6. The van der Waals surface area contributed by atoms with Gasteiger partial charge in [0.15, 0.2) is 0 Å². The first-order valence-corrected chi connectivity index (χ1v) is 9.88. The zero-order valence-electron chi connectivity index (χ0n) is 15.6. The molecule has 146 valence electrons. The second-order valence-corrected chi connectivity index (χ2v) is 8.56. The molecular weight excluding hydrogens is 370 g/mol. The normalized spacial score (nSPS) is 22.5. The summed E-state index contributed by atoms with van der Waals surface area (Å²) >= 11 is 0. The van der Waals surface area contributed by atoms with E-state index < -0.39 is 28.2 Å². The number of carbonyl (C=O) groups is 1. The predicted octanol–water partition coefficient (Wildman–Crippen LogP) is 0.961. The Morgan fingerprint density at radius 1 is 1.33 bits per heavy atom. The van der Waals surface area contributed by atoms with Crippen molar-refractivity contribution in [2.75, 3.05) is 12.4 Å². The summed E-state index contributed by atoms with van der Waals surface area (Å²) in [6.07, 6.45) is 1.98. The van der Waals surface area contributed by atoms with Crippen molar-refractivity contribution in [1.29, 1.82) is 0 Å². The standard InChI is InChI=1S/C17H23N5O4S/c1-10-5-6-16(23)14(7-10)18-17(24)15-8-13(20-27(25,26)22(15)4)12-9-21(3)19-11(12)2/h5-7,9,13,15,20,23H,8H2,1-4H3,(H,18,24). The molecule has 27 heavy (non-hydrogen) atoms. The summed E-state index contributed by atoms with van der Waals surface area (Å²) in [6, 6.07) is 3.33. The van der Waals surface area contributed by atoms with Gasteiger partial charge in [-0.15, -0.1) is 0 Å². The van der Waals surface area contributed by atoms with Crippen molar-refractivity contribution in [1.82, 2.24) is 18.8 Å². The van der Waals surface area contributed by atoms with Crippen molar-refractivity contribution < 1.29 is 18.3 Å². The molecule has 0 spiro atoms. The first kappa shape index (κ1) is 19.3. The molecule has 0 radical (unpaired) electrons. The fourth-order valence-corrected chi connectivity index (χ4v) is 4.50. The van der Waals surface area contributed by atoms with Gasteiger partial charge in [-0.3, -0.25) is 9.48 Å². The Hall–Kier alpha value is -2.43. The molecular formula is C17H23N5O4S. The average Bonchev–Trinajstić information content (AvgIpc) is 2.91. The number of hydrogen-bond acceptors (Lipinski definition) is 5. The van der Waals surface area contributed by atoms with Gasteiger partial charge in [0.25, 0.3) is 10.2 Å². The van der Waals surface area contributed by atoms with E-state index >= 15 is 0 Å². The minimum absolute atomic E-state index is 0.0759. The molecule has 1 aromatic heterocycles. The maximum Gasteiger partial charge on any atom is 0.280 e. The van der Waals surface area contributed by atoms with Crippen LogP contribution in [0.3, 0.4) is 0 Å². The highest BCUT2D eigenvalue weighted by Gasteiger charge is 2.41. The Balaban J connectivity index is 1.89. The van der Waals surface area contributed by atoms with E-state index in [-0.39, 0.29) is 17.9 Å². The Bertz CT molecular complexity index is 985. The quantitative estimate of drug-likeness (QED) is 0.672. The van der Waals surface area contributed by atoms with E-state index in [4.69, 9.17) is 0 Å². The van der Waals surface area contributed by atoms with Crippen LogP contribution in [0.4, 0.5) is 5.69 Å². The SMILES string of the molecule is Cc1ccc(O)c(NC(=O)C2CC(c3cn(C)nc3C)NS(=O)(=O)N2C)c1. The number of benzene rings is 1. The lowest BCUT2D eigenvalue weighted by Crippen LogP contribution is -2.56. The van der Waals surface area contributed by atoms with Crippen LogP contribution in [0.2, 0.25) is 0 Å². The third kappa shape index (κ3) is 3.82. The van der Waals surface area contributed by atoms with E-state index in [0.717, 1.165) is 15.4 Å². The number of hydrogen-bond donors (Lipinski definition) is 3. The summed E-state index contributed by atoms with van der Waals surface area (Å²) in [5.41, 5.74) is 2.53. The molecule has 3 rings (SSSR count). The molecule has 1 fully saturated rings. The third-order valence-electron chi connectivity index (χ3n) is 4.71. The van der Waals surface area contributed by atoms with Crippen LogP contribution in [0.25, 0.3) is 0 Å². The highest BCUT2D eigenvalue weighted by molar-refractivity contribution is 7.87. The van der Waals surface area contributed by atoms with E-state index in [1.54, 1.807) is 37.0 Å². The van der Waals surface area contributed by atoms with Gasteiger partial charge >= 0.3 is 0 Å². The van der Waals surface area contributed by atoms with Crippen molar-refractivity contribution in [3.63, 3.8) is 0 Å². The Kier molecular flexibility index (Phi) is 4.98. The van der Waals surface area contributed by atoms with Gasteiger partial charge in [0, 0.05) is 25.9 Å². The molecule has 2 atom stereocenters. The summed E-state index contributed by atoms with van der Waals surface area (Å²) in [6.45, 7) is 3.62. The maximum atomic E-state index is 12.8. The molecule has 1 aliphatic rings. The molecule has 0 bridgehead atoms. The highest BCUT2D eigenvalue weighted by Crippen LogP contribution is 2.31. The Morgan fingerprint density at radius 3 is 2.67 bits per heavy atom. The lowest BCUT2D eigenvalue weighted by molar-refractivity contribution is -0.120. The van der Waals surface area contributed by atoms with Crippen LogP contribution in [0.1, 0.15) is 29.3 Å². The maximum absolute atomic E-state index is 12.8. The largest absolute Gasteiger partial charge is 0.506 e. The van der Waals surface area contributed by atoms with Crippen LogP contribution in [0, 0.1) is 13.8 Å². The van der Waals surface area contributed by atoms with Gasteiger partial charge in [-0.1, -0.05) is 6.07 Å². The zero-order valence-corrected chi connectivity index (χ0v) is 16.4. The molecule has 1 aliphatic heterocycles. The number of likely N-dealkylation sites (N-methyl/N-ethyl adjacent to an activating group) is 1. The molecule has 1 saturated heterocycles. The number of aryl methyl sites for hydroxylation is 3. The smallest absolute Gasteiger partial charge is 0.280 e. The van der Waals surface area contributed by atoms with E-state index in [9.17, 15) is 18.3 Å². The lowest BCUT2D eigenvalue weighted by Gasteiger charge is -2.36. The molecule has 1 aromatic carbocycles. The zero-order chi connectivity index (χ0) is 19.9. The summed E-state index contributed by atoms with van der Waals surface area (Å²) in [5.74, 6) is -0.580. The van der Waals surface area contributed by atoms with Crippen molar-refractivity contribution in [3.05, 3.63) is 41.2 Å². The van der Waals surface area contributed by atoms with Crippen LogP contribution in [0.15, 0.2) is 24.4 Å². The Morgan fingerprint density at radius 2 is 2.04 bits per heavy atom. The highest BCUT2D eigenvalue weighted by atomic mass is 32.2. The Labute approximate surface area is 158 Å². The summed E-state index contributed by atoms with van der Waals surface area (Å²) in [4.78, 5) is 12.8. The monoisotopic (exact) mass is 393 g/mol. The van der Waals surface area contributed by atoms with Crippen molar-refractivity contribution in [2.45, 2.75) is 32.4 Å². The molecule has 9 nitrogen and oxygen atoms in total. The first-order valence-electron chi connectivity index (χ1n) is 8.44. The number of anilines is 1. The van der Waals surface area contributed by atoms with Crippen LogP contribution in [-0.4, -0.2) is 46.6 Å². The number of phenolic OH excluding ortho intramolecular Hbond substituents is 1. The minimum Gasteiger partial charge on any atom is -0.506 e. The lowest BCUT2D eigenvalue weighted by atomic mass is 10.00. The van der Waals surface area contributed by atoms with Gasteiger partial charge in [0.05, 0.1) is 17.4 Å². The molecule has 0 aliphatic carbocycles. The van der Waals surface area contributed by atoms with Gasteiger partial charge in [0.2, 0.25) is 5.91 Å². The average molecular weight is 393 g/mol. The predicted molar refractivity (Wildman–Crippen MR) is 100 cm³/mol. The number of amides is 1. The van der Waals surface area contributed by atoms with Gasteiger partial charge in [-0.25, -0.2) is 0 Å². The third-order valence-corrected chi connectivity index (χ3v) is 6.30. The van der Waals surface area contributed by atoms with Crippen molar-refractivity contribution in [3.8, 4) is 5.75 Å². The van der Waals surface area contributed by atoms with Crippen LogP contribution in [-0.2, 0) is 22.1 Å². The number of nitrogens with one attached hydrogen (secondary N) is 2. The summed E-state index contributed by atoms with van der Waals surface area (Å²) in [7, 11) is -0.737. The van der Waals surface area contributed by atoms with E-state index in [0.29, 0.717) is 5.69 Å². The topological polar surface area (TPSA) is 117 Å². The number of nitrogens with zero attached hydrogens (tertiary/aromatic N) is 3. The van der Waals surface area contributed by atoms with E-state index in [2.05, 4.69) is 15.1 Å². The van der Waals surface area contributed by atoms with E-state index in [1.165, 1.54) is 13.1 Å². The molecule has 1 amide bonds. The van der Waals surface area contributed by atoms with Crippen molar-refractivity contribution >= 4 is 21.8 Å². The molecule has 2 aromatic rings. The summed E-state index contributed by atoms with van der Waals surface area (Å²) < 4.78 is 30.3. The van der Waals surface area contributed by atoms with Crippen molar-refractivity contribution in [2.24, 2.45) is 7.05 Å². The number of phenols is 1. The number of aromatic hydroxyl groups is 1. The second kappa shape index (κ2) is 6.95.